The Bertz CT molecular complexity index is 692. The van der Waals surface area contributed by atoms with Crippen molar-refractivity contribution in [1.29, 1.82) is 0 Å². The van der Waals surface area contributed by atoms with Gasteiger partial charge in [0.25, 0.3) is 0 Å². The average molecular weight is 353 g/mol. The molecule has 138 valence electrons. The van der Waals surface area contributed by atoms with Crippen LogP contribution in [0.3, 0.4) is 0 Å². The molecular weight excluding hydrogens is 326 g/mol. The molecule has 4 rings (SSSR count). The van der Waals surface area contributed by atoms with E-state index in [9.17, 15) is 0 Å². The van der Waals surface area contributed by atoms with Gasteiger partial charge in [0, 0.05) is 70.0 Å². The van der Waals surface area contributed by atoms with Crippen LogP contribution in [0.2, 0.25) is 0 Å². The average Bonchev–Trinajstić information content (AvgIpc) is 3.50. The lowest BCUT2D eigenvalue weighted by Crippen LogP contribution is -2.46. The number of nitrogens with zero attached hydrogens (tertiary/aromatic N) is 7. The molecule has 2 fully saturated rings. The van der Waals surface area contributed by atoms with Crippen molar-refractivity contribution in [3.63, 3.8) is 0 Å². The number of anilines is 2. The van der Waals surface area contributed by atoms with E-state index in [4.69, 9.17) is 0 Å². The molecule has 0 radical (unpaired) electrons. The van der Waals surface area contributed by atoms with Crippen LogP contribution in [-0.4, -0.2) is 64.1 Å². The minimum absolute atomic E-state index is 0.584. The molecule has 0 N–H and O–H groups in total. The highest BCUT2D eigenvalue weighted by Gasteiger charge is 2.36. The molecule has 1 aliphatic carbocycles. The first-order chi connectivity index (χ1) is 12.7. The number of hydrogen-bond acceptors (Lipinski definition) is 7. The van der Waals surface area contributed by atoms with Crippen LogP contribution in [0.25, 0.3) is 0 Å². The summed E-state index contributed by atoms with van der Waals surface area (Å²) >= 11 is 0. The van der Waals surface area contributed by atoms with Gasteiger partial charge in [-0.25, -0.2) is 19.9 Å². The molecule has 7 heteroatoms. The van der Waals surface area contributed by atoms with Crippen molar-refractivity contribution in [2.45, 2.75) is 44.3 Å². The fourth-order valence-corrected chi connectivity index (χ4v) is 3.74. The molecule has 7 nitrogen and oxygen atoms in total. The first-order valence-corrected chi connectivity index (χ1v) is 9.45. The minimum Gasteiger partial charge on any atom is -0.350 e. The van der Waals surface area contributed by atoms with Gasteiger partial charge >= 0.3 is 0 Å². The second kappa shape index (κ2) is 7.53. The van der Waals surface area contributed by atoms with Crippen LogP contribution in [-0.2, 0) is 6.54 Å². The molecule has 0 atom stereocenters. The number of hydrogen-bond donors (Lipinski definition) is 0. The van der Waals surface area contributed by atoms with E-state index in [1.165, 1.54) is 31.2 Å². The van der Waals surface area contributed by atoms with Gasteiger partial charge in [0.2, 0.25) is 5.95 Å². The highest BCUT2D eigenvalue weighted by atomic mass is 15.3. The predicted octanol–water partition coefficient (Wildman–Crippen LogP) is 1.97. The maximum atomic E-state index is 4.51. The smallest absolute Gasteiger partial charge is 0.224 e. The van der Waals surface area contributed by atoms with Gasteiger partial charge in [-0.15, -0.1) is 0 Å². The molecule has 0 unspecified atom stereocenters. The number of rotatable bonds is 6. The maximum Gasteiger partial charge on any atom is 0.224 e. The normalized spacial score (nSPS) is 18.7. The van der Waals surface area contributed by atoms with E-state index >= 15 is 0 Å². The van der Waals surface area contributed by atoms with Crippen molar-refractivity contribution in [2.24, 2.45) is 0 Å². The van der Waals surface area contributed by atoms with Gasteiger partial charge in [-0.05, 0) is 31.7 Å². The third kappa shape index (κ3) is 3.93. The van der Waals surface area contributed by atoms with E-state index in [-0.39, 0.29) is 0 Å². The van der Waals surface area contributed by atoms with Crippen molar-refractivity contribution < 1.29 is 0 Å². The lowest BCUT2D eigenvalue weighted by molar-refractivity contribution is 0.200. The van der Waals surface area contributed by atoms with E-state index in [2.05, 4.69) is 29.7 Å². The lowest BCUT2D eigenvalue weighted by atomic mass is 10.0. The van der Waals surface area contributed by atoms with Gasteiger partial charge in [0.05, 0.1) is 0 Å². The third-order valence-corrected chi connectivity index (χ3v) is 5.22. The fourth-order valence-electron chi connectivity index (χ4n) is 3.74. The van der Waals surface area contributed by atoms with Gasteiger partial charge in [0.15, 0.2) is 0 Å². The molecule has 2 aromatic heterocycles. The van der Waals surface area contributed by atoms with Crippen molar-refractivity contribution in [1.82, 2.24) is 24.8 Å². The predicted molar refractivity (Wildman–Crippen MR) is 102 cm³/mol. The SMILES string of the molecule is CN(C)c1ncc(CN2CCC(N(c3ccncn3)C3CC3)CC2)cn1. The van der Waals surface area contributed by atoms with Crippen LogP contribution >= 0.6 is 0 Å². The molecular formula is C19H27N7. The van der Waals surface area contributed by atoms with Crippen molar-refractivity contribution in [3.05, 3.63) is 36.5 Å². The maximum absolute atomic E-state index is 4.51. The second-order valence-corrected chi connectivity index (χ2v) is 7.50. The van der Waals surface area contributed by atoms with Gasteiger partial charge in [-0.1, -0.05) is 0 Å². The Hall–Kier alpha value is -2.28. The van der Waals surface area contributed by atoms with Gasteiger partial charge < -0.3 is 9.80 Å². The van der Waals surface area contributed by atoms with Crippen LogP contribution in [0.15, 0.2) is 31.0 Å². The Morgan fingerprint density at radius 1 is 1.00 bits per heavy atom. The number of aromatic nitrogens is 4. The summed E-state index contributed by atoms with van der Waals surface area (Å²) in [4.78, 5) is 24.4. The van der Waals surface area contributed by atoms with Crippen molar-refractivity contribution in [3.8, 4) is 0 Å². The topological polar surface area (TPSA) is 61.3 Å². The minimum atomic E-state index is 0.584. The quantitative estimate of drug-likeness (QED) is 0.787. The summed E-state index contributed by atoms with van der Waals surface area (Å²) in [7, 11) is 3.92. The molecule has 0 bridgehead atoms. The van der Waals surface area contributed by atoms with Gasteiger partial charge in [0.1, 0.15) is 12.1 Å². The van der Waals surface area contributed by atoms with Gasteiger partial charge in [-0.2, -0.15) is 0 Å². The molecule has 3 heterocycles. The number of piperidine rings is 1. The van der Waals surface area contributed by atoms with Crippen LogP contribution in [0.1, 0.15) is 31.2 Å². The molecule has 1 saturated heterocycles. The largest absolute Gasteiger partial charge is 0.350 e. The van der Waals surface area contributed by atoms with Gasteiger partial charge in [-0.3, -0.25) is 4.90 Å². The zero-order chi connectivity index (χ0) is 17.9. The lowest BCUT2D eigenvalue weighted by Gasteiger charge is -2.39. The zero-order valence-corrected chi connectivity index (χ0v) is 15.6. The summed E-state index contributed by atoms with van der Waals surface area (Å²) in [5.74, 6) is 1.85. The van der Waals surface area contributed by atoms with E-state index in [0.29, 0.717) is 12.1 Å². The molecule has 1 saturated carbocycles. The summed E-state index contributed by atoms with van der Waals surface area (Å²) in [5, 5.41) is 0. The summed E-state index contributed by atoms with van der Waals surface area (Å²) in [5.41, 5.74) is 1.18. The Balaban J connectivity index is 1.34. The Morgan fingerprint density at radius 2 is 1.69 bits per heavy atom. The van der Waals surface area contributed by atoms with Crippen molar-refractivity contribution in [2.75, 3.05) is 37.0 Å². The van der Waals surface area contributed by atoms with Crippen LogP contribution < -0.4 is 9.80 Å². The van der Waals surface area contributed by atoms with E-state index in [1.54, 1.807) is 6.33 Å². The summed E-state index contributed by atoms with van der Waals surface area (Å²) in [6.07, 6.45) is 12.4. The molecule has 2 aromatic rings. The van der Waals surface area contributed by atoms with E-state index in [0.717, 1.165) is 31.4 Å². The van der Waals surface area contributed by atoms with E-state index < -0.39 is 0 Å². The monoisotopic (exact) mass is 353 g/mol. The van der Waals surface area contributed by atoms with Crippen molar-refractivity contribution >= 4 is 11.8 Å². The summed E-state index contributed by atoms with van der Waals surface area (Å²) in [6.45, 7) is 3.14. The molecule has 2 aliphatic rings. The molecule has 26 heavy (non-hydrogen) atoms. The molecule has 0 spiro atoms. The molecule has 0 amide bonds. The first kappa shape index (κ1) is 17.1. The Labute approximate surface area is 155 Å². The Morgan fingerprint density at radius 3 is 2.27 bits per heavy atom. The van der Waals surface area contributed by atoms with Crippen LogP contribution in [0.4, 0.5) is 11.8 Å². The number of likely N-dealkylation sites (tertiary alicyclic amines) is 1. The summed E-state index contributed by atoms with van der Waals surface area (Å²) in [6, 6.07) is 3.31. The molecule has 1 aliphatic heterocycles. The van der Waals surface area contributed by atoms with E-state index in [1.807, 2.05) is 43.7 Å². The Kier molecular flexibility index (Phi) is 4.97. The van der Waals surface area contributed by atoms with Crippen LogP contribution in [0.5, 0.6) is 0 Å². The summed E-state index contributed by atoms with van der Waals surface area (Å²) < 4.78 is 0. The van der Waals surface area contributed by atoms with Crippen LogP contribution in [0, 0.1) is 0 Å². The second-order valence-electron chi connectivity index (χ2n) is 7.50. The third-order valence-electron chi connectivity index (χ3n) is 5.22. The zero-order valence-electron chi connectivity index (χ0n) is 15.6. The first-order valence-electron chi connectivity index (χ1n) is 9.45. The standard InChI is InChI=1S/C19H27N7/c1-24(2)19-21-11-15(12-22-19)13-25-9-6-17(7-10-25)26(16-3-4-16)18-5-8-20-14-23-18/h5,8,11-12,14,16-17H,3-4,6-7,9-10,13H2,1-2H3. The highest BCUT2D eigenvalue weighted by Crippen LogP contribution is 2.35. The fraction of sp³-hybridized carbons (Fsp3) is 0.579. The molecule has 0 aromatic carbocycles. The highest BCUT2D eigenvalue weighted by molar-refractivity contribution is 5.41.